The van der Waals surface area contributed by atoms with E-state index in [9.17, 15) is 22.8 Å². The Hall–Kier alpha value is -2.83. The van der Waals surface area contributed by atoms with Crippen LogP contribution in [0.2, 0.25) is 0 Å². The maximum Gasteiger partial charge on any atom is 0.416 e. The molecule has 0 bridgehead atoms. The number of alkyl halides is 3. The second-order valence-corrected chi connectivity index (χ2v) is 7.75. The number of amides is 1. The number of aryl methyl sites for hydroxylation is 1. The molecule has 29 heavy (non-hydrogen) atoms. The van der Waals surface area contributed by atoms with Crippen molar-refractivity contribution in [1.82, 2.24) is 10.3 Å². The fraction of sp³-hybridized carbons (Fsp3) is 0.364. The third-order valence-electron chi connectivity index (χ3n) is 5.49. The summed E-state index contributed by atoms with van der Waals surface area (Å²) in [6.07, 6.45) is 0.389. The van der Waals surface area contributed by atoms with Crippen LogP contribution in [0.3, 0.4) is 0 Å². The van der Waals surface area contributed by atoms with Gasteiger partial charge in [-0.15, -0.1) is 0 Å². The lowest BCUT2D eigenvalue weighted by Gasteiger charge is -2.16. The first kappa shape index (κ1) is 19.5. The Bertz CT molecular complexity index is 1050. The van der Waals surface area contributed by atoms with Crippen LogP contribution >= 0.6 is 0 Å². The Morgan fingerprint density at radius 2 is 1.86 bits per heavy atom. The molecule has 2 heterocycles. The summed E-state index contributed by atoms with van der Waals surface area (Å²) in [7, 11) is 0. The number of carbonyl (C=O) groups is 1. The summed E-state index contributed by atoms with van der Waals surface area (Å²) in [5, 5.41) is 2.84. The lowest BCUT2D eigenvalue weighted by atomic mass is 9.95. The molecule has 1 saturated carbocycles. The van der Waals surface area contributed by atoms with E-state index in [2.05, 4.69) is 10.3 Å². The number of hydrogen-bond donors (Lipinski definition) is 2. The average molecular weight is 402 g/mol. The number of aromatic amines is 1. The van der Waals surface area contributed by atoms with E-state index in [-0.39, 0.29) is 23.1 Å². The van der Waals surface area contributed by atoms with E-state index in [0.29, 0.717) is 35.6 Å². The molecule has 0 radical (unpaired) electrons. The number of halogens is 3. The molecule has 4 nitrogen and oxygen atoms in total. The lowest BCUT2D eigenvalue weighted by Crippen LogP contribution is -2.24. The minimum absolute atomic E-state index is 0.0632. The summed E-state index contributed by atoms with van der Waals surface area (Å²) in [5.41, 5.74) is 1.68. The third-order valence-corrected chi connectivity index (χ3v) is 5.49. The zero-order valence-corrected chi connectivity index (χ0v) is 15.9. The second-order valence-electron chi connectivity index (χ2n) is 7.75. The normalized spacial score (nSPS) is 20.1. The van der Waals surface area contributed by atoms with Gasteiger partial charge in [-0.1, -0.05) is 24.3 Å². The Kier molecular flexibility index (Phi) is 4.84. The number of pyridine rings is 1. The fourth-order valence-electron chi connectivity index (χ4n) is 3.81. The van der Waals surface area contributed by atoms with Crippen molar-refractivity contribution in [1.29, 1.82) is 0 Å². The van der Waals surface area contributed by atoms with Gasteiger partial charge >= 0.3 is 6.18 Å². The predicted molar refractivity (Wildman–Crippen MR) is 103 cm³/mol. The molecule has 0 unspecified atom stereocenters. The Balaban J connectivity index is 1.78. The van der Waals surface area contributed by atoms with Gasteiger partial charge in [0.2, 0.25) is 5.91 Å². The van der Waals surface area contributed by atoms with E-state index in [1.54, 1.807) is 12.1 Å². The summed E-state index contributed by atoms with van der Waals surface area (Å²) in [5.74, 6) is 0.231. The van der Waals surface area contributed by atoms with E-state index in [4.69, 9.17) is 0 Å². The van der Waals surface area contributed by atoms with E-state index in [1.807, 2.05) is 6.08 Å². The second kappa shape index (κ2) is 7.21. The first-order valence-corrected chi connectivity index (χ1v) is 9.65. The SMILES string of the molecule is Cc1cc(C(=C[C@H]2CCC(=O)N2)c2ccc(C3CC3)c(=O)[nH]2)ccc1C(F)(F)F. The maximum atomic E-state index is 13.1. The van der Waals surface area contributed by atoms with E-state index < -0.39 is 11.7 Å². The number of rotatable bonds is 4. The van der Waals surface area contributed by atoms with Crippen molar-refractivity contribution >= 4 is 11.5 Å². The number of aromatic nitrogens is 1. The van der Waals surface area contributed by atoms with Crippen LogP contribution in [0.1, 0.15) is 59.5 Å². The highest BCUT2D eigenvalue weighted by Gasteiger charge is 2.32. The van der Waals surface area contributed by atoms with Gasteiger partial charge in [0.15, 0.2) is 0 Å². The van der Waals surface area contributed by atoms with Crippen molar-refractivity contribution in [3.63, 3.8) is 0 Å². The van der Waals surface area contributed by atoms with Gasteiger partial charge in [-0.2, -0.15) is 13.2 Å². The molecule has 1 aromatic carbocycles. The van der Waals surface area contributed by atoms with Crippen molar-refractivity contribution in [2.75, 3.05) is 0 Å². The van der Waals surface area contributed by atoms with Crippen LogP contribution < -0.4 is 10.9 Å². The largest absolute Gasteiger partial charge is 0.416 e. The highest BCUT2D eigenvalue weighted by atomic mass is 19.4. The molecule has 7 heteroatoms. The Morgan fingerprint density at radius 3 is 2.41 bits per heavy atom. The Morgan fingerprint density at radius 1 is 1.10 bits per heavy atom. The highest BCUT2D eigenvalue weighted by molar-refractivity contribution is 5.82. The molecule has 2 aromatic rings. The molecule has 1 saturated heterocycles. The zero-order chi connectivity index (χ0) is 20.8. The van der Waals surface area contributed by atoms with Gasteiger partial charge in [-0.05, 0) is 55.4 Å². The lowest BCUT2D eigenvalue weighted by molar-refractivity contribution is -0.138. The summed E-state index contributed by atoms with van der Waals surface area (Å²) < 4.78 is 39.4. The van der Waals surface area contributed by atoms with Crippen molar-refractivity contribution in [2.45, 2.75) is 50.7 Å². The fourth-order valence-corrected chi connectivity index (χ4v) is 3.81. The summed E-state index contributed by atoms with van der Waals surface area (Å²) in [6.45, 7) is 1.42. The first-order valence-electron chi connectivity index (χ1n) is 9.65. The summed E-state index contributed by atoms with van der Waals surface area (Å²) in [4.78, 5) is 27.0. The minimum Gasteiger partial charge on any atom is -0.350 e. The molecule has 2 fully saturated rings. The van der Waals surface area contributed by atoms with Gasteiger partial charge in [-0.25, -0.2) is 0 Å². The van der Waals surface area contributed by atoms with Gasteiger partial charge in [-0.3, -0.25) is 9.59 Å². The molecular weight excluding hydrogens is 381 g/mol. The van der Waals surface area contributed by atoms with Crippen molar-refractivity contribution in [3.05, 3.63) is 74.7 Å². The van der Waals surface area contributed by atoms with Gasteiger partial charge < -0.3 is 10.3 Å². The maximum absolute atomic E-state index is 13.1. The van der Waals surface area contributed by atoms with Crippen LogP contribution in [0, 0.1) is 6.92 Å². The molecule has 1 aliphatic heterocycles. The van der Waals surface area contributed by atoms with Crippen molar-refractivity contribution < 1.29 is 18.0 Å². The van der Waals surface area contributed by atoms with Crippen molar-refractivity contribution in [2.24, 2.45) is 0 Å². The molecule has 152 valence electrons. The molecule has 1 atom stereocenters. The summed E-state index contributed by atoms with van der Waals surface area (Å²) >= 11 is 0. The molecule has 1 amide bonds. The van der Waals surface area contributed by atoms with E-state index >= 15 is 0 Å². The van der Waals surface area contributed by atoms with Crippen LogP contribution in [-0.4, -0.2) is 16.9 Å². The van der Waals surface area contributed by atoms with Gasteiger partial charge in [0.25, 0.3) is 5.56 Å². The number of carbonyl (C=O) groups excluding carboxylic acids is 1. The minimum atomic E-state index is -4.42. The van der Waals surface area contributed by atoms with E-state index in [0.717, 1.165) is 24.5 Å². The highest BCUT2D eigenvalue weighted by Crippen LogP contribution is 2.38. The van der Waals surface area contributed by atoms with Gasteiger partial charge in [0, 0.05) is 29.3 Å². The van der Waals surface area contributed by atoms with Gasteiger partial charge in [0.1, 0.15) is 0 Å². The quantitative estimate of drug-likeness (QED) is 0.802. The zero-order valence-electron chi connectivity index (χ0n) is 15.9. The number of H-pyrrole nitrogens is 1. The first-order chi connectivity index (χ1) is 13.7. The molecule has 4 rings (SSSR count). The van der Waals surface area contributed by atoms with Crippen LogP contribution in [0.5, 0.6) is 0 Å². The van der Waals surface area contributed by atoms with Crippen molar-refractivity contribution in [3.8, 4) is 0 Å². The van der Waals surface area contributed by atoms with E-state index in [1.165, 1.54) is 19.1 Å². The molecule has 0 spiro atoms. The molecule has 1 aromatic heterocycles. The third kappa shape index (κ3) is 4.13. The topological polar surface area (TPSA) is 62.0 Å². The molecular formula is C22H21F3N2O2. The van der Waals surface area contributed by atoms with Gasteiger partial charge in [0.05, 0.1) is 5.56 Å². The molecule has 2 N–H and O–H groups in total. The molecule has 1 aliphatic carbocycles. The number of benzene rings is 1. The monoisotopic (exact) mass is 402 g/mol. The smallest absolute Gasteiger partial charge is 0.350 e. The Labute approximate surface area is 165 Å². The summed E-state index contributed by atoms with van der Waals surface area (Å²) in [6, 6.07) is 7.30. The van der Waals surface area contributed by atoms with Crippen LogP contribution in [0.25, 0.3) is 5.57 Å². The van der Waals surface area contributed by atoms with Crippen LogP contribution in [0.4, 0.5) is 13.2 Å². The average Bonchev–Trinajstić information content (AvgIpc) is 3.40. The standard InChI is InChI=1S/C22H21F3N2O2/c1-12-10-14(4-7-18(12)22(23,24)25)17(11-15-5-9-20(28)26-15)19-8-6-16(13-2-3-13)21(29)27-19/h4,6-8,10-11,13,15H,2-3,5,9H2,1H3,(H,26,28)(H,27,29)/t15-/m1/s1. The molecule has 2 aliphatic rings. The van der Waals surface area contributed by atoms with Crippen LogP contribution in [0.15, 0.2) is 41.2 Å². The van der Waals surface area contributed by atoms with Crippen LogP contribution in [-0.2, 0) is 11.0 Å². The number of hydrogen-bond acceptors (Lipinski definition) is 2. The predicted octanol–water partition coefficient (Wildman–Crippen LogP) is 4.29. The number of nitrogens with one attached hydrogen (secondary N) is 2.